The minimum Gasteiger partial charge on any atom is -0.357 e. The Kier molecular flexibility index (Phi) is 6.24. The maximum atomic E-state index is 12.2. The van der Waals surface area contributed by atoms with Crippen LogP contribution in [-0.4, -0.2) is 51.2 Å². The molecule has 0 amide bonds. The summed E-state index contributed by atoms with van der Waals surface area (Å²) < 4.78 is 24.4. The van der Waals surface area contributed by atoms with Gasteiger partial charge in [-0.1, -0.05) is 18.2 Å². The maximum Gasteiger partial charge on any atom is 0.193 e. The molecule has 1 aliphatic heterocycles. The Bertz CT molecular complexity index is 579. The molecule has 0 spiro atoms. The van der Waals surface area contributed by atoms with E-state index in [0.29, 0.717) is 17.9 Å². The van der Waals surface area contributed by atoms with Crippen molar-refractivity contribution in [3.63, 3.8) is 0 Å². The van der Waals surface area contributed by atoms with E-state index in [1.165, 1.54) is 12.8 Å². The largest absolute Gasteiger partial charge is 0.357 e. The minimum absolute atomic E-state index is 0.139. The van der Waals surface area contributed by atoms with Crippen LogP contribution in [0.2, 0.25) is 0 Å². The summed E-state index contributed by atoms with van der Waals surface area (Å²) in [5.41, 5.74) is 0. The van der Waals surface area contributed by atoms with Gasteiger partial charge >= 0.3 is 0 Å². The molecule has 0 aliphatic carbocycles. The second kappa shape index (κ2) is 8.17. The van der Waals surface area contributed by atoms with E-state index in [-0.39, 0.29) is 5.75 Å². The van der Waals surface area contributed by atoms with E-state index in [1.54, 1.807) is 24.3 Å². The number of sulfone groups is 1. The van der Waals surface area contributed by atoms with Crippen molar-refractivity contribution in [1.82, 2.24) is 10.2 Å². The fraction of sp³-hybridized carbons (Fsp3) is 0.562. The molecular formula is C16H25N3O2S. The molecule has 0 saturated carbocycles. The van der Waals surface area contributed by atoms with Crippen LogP contribution in [0.1, 0.15) is 26.2 Å². The molecule has 1 aromatic rings. The SMILES string of the molecule is CCNC(=NCCCS(=O)(=O)c1ccccc1)N1CCCC1. The second-order valence-corrected chi connectivity index (χ2v) is 7.52. The molecule has 0 atom stereocenters. The van der Waals surface area contributed by atoms with E-state index in [9.17, 15) is 8.42 Å². The van der Waals surface area contributed by atoms with E-state index < -0.39 is 9.84 Å². The Balaban J connectivity index is 1.87. The Labute approximate surface area is 133 Å². The molecule has 0 bridgehead atoms. The second-order valence-electron chi connectivity index (χ2n) is 5.42. The van der Waals surface area contributed by atoms with Gasteiger partial charge in [0.05, 0.1) is 10.6 Å². The molecule has 0 radical (unpaired) electrons. The Morgan fingerprint density at radius 2 is 1.91 bits per heavy atom. The summed E-state index contributed by atoms with van der Waals surface area (Å²) >= 11 is 0. The summed E-state index contributed by atoms with van der Waals surface area (Å²) in [6.45, 7) is 5.48. The molecule has 5 nitrogen and oxygen atoms in total. The molecule has 1 aliphatic rings. The van der Waals surface area contributed by atoms with Gasteiger partial charge in [0.15, 0.2) is 15.8 Å². The van der Waals surface area contributed by atoms with Crippen molar-refractivity contribution < 1.29 is 8.42 Å². The van der Waals surface area contributed by atoms with Crippen LogP contribution in [-0.2, 0) is 9.84 Å². The fourth-order valence-corrected chi connectivity index (χ4v) is 3.86. The lowest BCUT2D eigenvalue weighted by Gasteiger charge is -2.20. The van der Waals surface area contributed by atoms with Crippen molar-refractivity contribution in [2.75, 3.05) is 31.9 Å². The zero-order chi connectivity index (χ0) is 15.8. The van der Waals surface area contributed by atoms with Gasteiger partial charge in [0.25, 0.3) is 0 Å². The summed E-state index contributed by atoms with van der Waals surface area (Å²) in [5, 5.41) is 3.28. The van der Waals surface area contributed by atoms with Gasteiger partial charge in [0, 0.05) is 26.2 Å². The number of hydrogen-bond donors (Lipinski definition) is 1. The average Bonchev–Trinajstić information content (AvgIpc) is 3.05. The first-order chi connectivity index (χ1) is 10.6. The topological polar surface area (TPSA) is 61.8 Å². The number of aliphatic imine (C=N–C) groups is 1. The standard InChI is InChI=1S/C16H25N3O2S/c1-2-17-16(19-12-6-7-13-19)18-11-8-14-22(20,21)15-9-4-3-5-10-15/h3-5,9-10H,2,6-8,11-14H2,1H3,(H,17,18). The van der Waals surface area contributed by atoms with Crippen molar-refractivity contribution in [3.05, 3.63) is 30.3 Å². The molecule has 1 N–H and O–H groups in total. The monoisotopic (exact) mass is 323 g/mol. The Hall–Kier alpha value is -1.56. The van der Waals surface area contributed by atoms with Crippen LogP contribution in [0.3, 0.4) is 0 Å². The number of nitrogens with one attached hydrogen (secondary N) is 1. The van der Waals surface area contributed by atoms with Crippen molar-refractivity contribution in [3.8, 4) is 0 Å². The number of guanidine groups is 1. The number of hydrogen-bond acceptors (Lipinski definition) is 3. The summed E-state index contributed by atoms with van der Waals surface area (Å²) in [5.74, 6) is 1.05. The van der Waals surface area contributed by atoms with Crippen LogP contribution in [0.15, 0.2) is 40.2 Å². The summed E-state index contributed by atoms with van der Waals surface area (Å²) in [6, 6.07) is 8.62. The number of nitrogens with zero attached hydrogens (tertiary/aromatic N) is 2. The van der Waals surface area contributed by atoms with Crippen LogP contribution in [0.4, 0.5) is 0 Å². The van der Waals surface area contributed by atoms with Gasteiger partial charge in [-0.3, -0.25) is 4.99 Å². The van der Waals surface area contributed by atoms with E-state index in [0.717, 1.165) is 25.6 Å². The number of rotatable bonds is 6. The Morgan fingerprint density at radius 1 is 1.23 bits per heavy atom. The van der Waals surface area contributed by atoms with Gasteiger partial charge in [-0.05, 0) is 38.3 Å². The molecular weight excluding hydrogens is 298 g/mol. The minimum atomic E-state index is -3.19. The fourth-order valence-electron chi connectivity index (χ4n) is 2.54. The molecule has 22 heavy (non-hydrogen) atoms. The van der Waals surface area contributed by atoms with Gasteiger partial charge < -0.3 is 10.2 Å². The van der Waals surface area contributed by atoms with Gasteiger partial charge in [-0.25, -0.2) is 8.42 Å². The van der Waals surface area contributed by atoms with Crippen LogP contribution in [0.25, 0.3) is 0 Å². The first kappa shape index (κ1) is 16.8. The molecule has 2 rings (SSSR count). The highest BCUT2D eigenvalue weighted by Gasteiger charge is 2.16. The molecule has 122 valence electrons. The molecule has 1 aromatic carbocycles. The average molecular weight is 323 g/mol. The molecule has 1 fully saturated rings. The molecule has 0 aromatic heterocycles. The third kappa shape index (κ3) is 4.73. The quantitative estimate of drug-likeness (QED) is 0.493. The van der Waals surface area contributed by atoms with Crippen LogP contribution >= 0.6 is 0 Å². The molecule has 0 unspecified atom stereocenters. The van der Waals surface area contributed by atoms with E-state index in [4.69, 9.17) is 0 Å². The summed E-state index contributed by atoms with van der Waals surface area (Å²) in [4.78, 5) is 7.20. The predicted octanol–water partition coefficient (Wildman–Crippen LogP) is 1.91. The summed E-state index contributed by atoms with van der Waals surface area (Å²) in [6.07, 6.45) is 2.94. The third-order valence-electron chi connectivity index (χ3n) is 3.68. The van der Waals surface area contributed by atoms with Crippen LogP contribution in [0, 0.1) is 0 Å². The molecule has 1 saturated heterocycles. The normalized spacial score (nSPS) is 16.0. The van der Waals surface area contributed by atoms with Crippen molar-refractivity contribution in [2.24, 2.45) is 4.99 Å². The first-order valence-electron chi connectivity index (χ1n) is 7.94. The predicted molar refractivity (Wildman–Crippen MR) is 89.9 cm³/mol. The van der Waals surface area contributed by atoms with Gasteiger partial charge in [-0.2, -0.15) is 0 Å². The number of benzene rings is 1. The van der Waals surface area contributed by atoms with Crippen LogP contribution < -0.4 is 5.32 Å². The molecule has 6 heteroatoms. The van der Waals surface area contributed by atoms with Gasteiger partial charge in [-0.15, -0.1) is 0 Å². The van der Waals surface area contributed by atoms with Crippen molar-refractivity contribution >= 4 is 15.8 Å². The van der Waals surface area contributed by atoms with E-state index in [2.05, 4.69) is 15.2 Å². The van der Waals surface area contributed by atoms with Crippen molar-refractivity contribution in [2.45, 2.75) is 31.1 Å². The third-order valence-corrected chi connectivity index (χ3v) is 5.49. The lowest BCUT2D eigenvalue weighted by Crippen LogP contribution is -2.39. The first-order valence-corrected chi connectivity index (χ1v) is 9.60. The lowest BCUT2D eigenvalue weighted by molar-refractivity contribution is 0.493. The van der Waals surface area contributed by atoms with Gasteiger partial charge in [0.2, 0.25) is 0 Å². The Morgan fingerprint density at radius 3 is 2.55 bits per heavy atom. The highest BCUT2D eigenvalue weighted by Crippen LogP contribution is 2.11. The van der Waals surface area contributed by atoms with Gasteiger partial charge in [0.1, 0.15) is 0 Å². The molecule has 1 heterocycles. The smallest absolute Gasteiger partial charge is 0.193 e. The lowest BCUT2D eigenvalue weighted by atomic mass is 10.4. The number of likely N-dealkylation sites (tertiary alicyclic amines) is 1. The van der Waals surface area contributed by atoms with E-state index in [1.807, 2.05) is 13.0 Å². The highest BCUT2D eigenvalue weighted by atomic mass is 32.2. The zero-order valence-corrected chi connectivity index (χ0v) is 14.0. The zero-order valence-electron chi connectivity index (χ0n) is 13.2. The van der Waals surface area contributed by atoms with Crippen molar-refractivity contribution in [1.29, 1.82) is 0 Å². The summed E-state index contributed by atoms with van der Waals surface area (Å²) in [7, 11) is -3.19. The maximum absolute atomic E-state index is 12.2. The van der Waals surface area contributed by atoms with Crippen LogP contribution in [0.5, 0.6) is 0 Å². The van der Waals surface area contributed by atoms with E-state index >= 15 is 0 Å². The highest BCUT2D eigenvalue weighted by molar-refractivity contribution is 7.91.